The molecule has 1 atom stereocenters. The zero-order valence-electron chi connectivity index (χ0n) is 5.90. The van der Waals surface area contributed by atoms with Gasteiger partial charge in [0.15, 0.2) is 0 Å². The van der Waals surface area contributed by atoms with E-state index in [4.69, 9.17) is 0 Å². The fraction of sp³-hybridized carbons (Fsp3) is 0.500. The highest BCUT2D eigenvalue weighted by atomic mass is 79.9. The molecule has 0 saturated heterocycles. The molecule has 10 heavy (non-hydrogen) atoms. The SMILES string of the molecule is CCC1=CCC(F)=CC1Br. The van der Waals surface area contributed by atoms with Crippen LogP contribution >= 0.6 is 15.9 Å². The van der Waals surface area contributed by atoms with E-state index in [2.05, 4.69) is 22.9 Å². The van der Waals surface area contributed by atoms with Crippen LogP contribution in [0.5, 0.6) is 0 Å². The van der Waals surface area contributed by atoms with Crippen LogP contribution in [0.1, 0.15) is 19.8 Å². The van der Waals surface area contributed by atoms with E-state index in [1.165, 1.54) is 5.57 Å². The quantitative estimate of drug-likeness (QED) is 0.454. The fourth-order valence-electron chi connectivity index (χ4n) is 1.01. The number of halogens is 2. The first-order valence-electron chi connectivity index (χ1n) is 3.43. The first-order chi connectivity index (χ1) is 4.74. The van der Waals surface area contributed by atoms with Crippen LogP contribution in [0.25, 0.3) is 0 Å². The monoisotopic (exact) mass is 204 g/mol. The Bertz CT molecular complexity index is 182. The minimum Gasteiger partial charge on any atom is -0.212 e. The van der Waals surface area contributed by atoms with Gasteiger partial charge in [-0.1, -0.05) is 34.5 Å². The summed E-state index contributed by atoms with van der Waals surface area (Å²) in [4.78, 5) is 0.131. The third-order valence-corrected chi connectivity index (χ3v) is 2.50. The highest BCUT2D eigenvalue weighted by Gasteiger charge is 2.11. The average Bonchev–Trinajstić information content (AvgIpc) is 1.88. The van der Waals surface area contributed by atoms with Gasteiger partial charge >= 0.3 is 0 Å². The van der Waals surface area contributed by atoms with Gasteiger partial charge in [-0.25, -0.2) is 4.39 Å². The van der Waals surface area contributed by atoms with Crippen molar-refractivity contribution in [3.05, 3.63) is 23.6 Å². The van der Waals surface area contributed by atoms with Gasteiger partial charge in [0.2, 0.25) is 0 Å². The Labute approximate surface area is 68.9 Å². The summed E-state index contributed by atoms with van der Waals surface area (Å²) in [7, 11) is 0. The smallest absolute Gasteiger partial charge is 0.101 e. The molecular weight excluding hydrogens is 195 g/mol. The van der Waals surface area contributed by atoms with E-state index >= 15 is 0 Å². The van der Waals surface area contributed by atoms with Crippen LogP contribution in [0.2, 0.25) is 0 Å². The molecule has 56 valence electrons. The molecule has 0 radical (unpaired) electrons. The summed E-state index contributed by atoms with van der Waals surface area (Å²) in [5, 5.41) is 0. The molecule has 0 N–H and O–H groups in total. The van der Waals surface area contributed by atoms with Crippen LogP contribution in [0.4, 0.5) is 4.39 Å². The molecule has 0 saturated carbocycles. The summed E-state index contributed by atoms with van der Waals surface area (Å²) in [5.74, 6) is -0.0286. The highest BCUT2D eigenvalue weighted by molar-refractivity contribution is 9.09. The molecule has 0 aromatic carbocycles. The topological polar surface area (TPSA) is 0 Å². The van der Waals surface area contributed by atoms with Crippen molar-refractivity contribution in [2.45, 2.75) is 24.6 Å². The Hall–Kier alpha value is -0.110. The predicted molar refractivity (Wildman–Crippen MR) is 44.9 cm³/mol. The Morgan fingerprint density at radius 2 is 2.50 bits per heavy atom. The van der Waals surface area contributed by atoms with Gasteiger partial charge in [-0.3, -0.25) is 0 Å². The number of hydrogen-bond acceptors (Lipinski definition) is 0. The van der Waals surface area contributed by atoms with Crippen molar-refractivity contribution in [2.75, 3.05) is 0 Å². The molecule has 1 unspecified atom stereocenters. The molecule has 0 amide bonds. The van der Waals surface area contributed by atoms with Gasteiger partial charge in [0.25, 0.3) is 0 Å². The van der Waals surface area contributed by atoms with E-state index < -0.39 is 0 Å². The van der Waals surface area contributed by atoms with E-state index in [9.17, 15) is 4.39 Å². The Balaban J connectivity index is 2.66. The number of hydrogen-bond donors (Lipinski definition) is 0. The predicted octanol–water partition coefficient (Wildman–Crippen LogP) is 3.34. The van der Waals surface area contributed by atoms with Crippen LogP contribution in [0, 0.1) is 0 Å². The number of alkyl halides is 1. The minimum absolute atomic E-state index is 0.0286. The maximum Gasteiger partial charge on any atom is 0.101 e. The van der Waals surface area contributed by atoms with Crippen molar-refractivity contribution < 1.29 is 4.39 Å². The second-order valence-corrected chi connectivity index (χ2v) is 3.34. The lowest BCUT2D eigenvalue weighted by molar-refractivity contribution is 0.606. The van der Waals surface area contributed by atoms with Crippen molar-refractivity contribution in [1.29, 1.82) is 0 Å². The standard InChI is InChI=1S/C8H10BrF/c1-2-6-3-4-7(10)5-8(6)9/h3,5,8H,2,4H2,1H3. The van der Waals surface area contributed by atoms with Crippen molar-refractivity contribution >= 4 is 15.9 Å². The van der Waals surface area contributed by atoms with Crippen LogP contribution < -0.4 is 0 Å². The molecule has 0 nitrogen and oxygen atoms in total. The molecular formula is C8H10BrF. The lowest BCUT2D eigenvalue weighted by atomic mass is 10.0. The summed E-state index contributed by atoms with van der Waals surface area (Å²) in [6.07, 6.45) is 5.05. The van der Waals surface area contributed by atoms with Gasteiger partial charge in [-0.2, -0.15) is 0 Å². The molecule has 0 aromatic heterocycles. The van der Waals surface area contributed by atoms with E-state index in [1.54, 1.807) is 6.08 Å². The van der Waals surface area contributed by atoms with Crippen molar-refractivity contribution in [1.82, 2.24) is 0 Å². The summed E-state index contributed by atoms with van der Waals surface area (Å²) >= 11 is 3.37. The van der Waals surface area contributed by atoms with E-state index in [0.717, 1.165) is 6.42 Å². The highest BCUT2D eigenvalue weighted by Crippen LogP contribution is 2.25. The Kier molecular flexibility index (Phi) is 2.66. The molecule has 0 heterocycles. The average molecular weight is 205 g/mol. The van der Waals surface area contributed by atoms with Gasteiger partial charge < -0.3 is 0 Å². The molecule has 0 spiro atoms. The largest absolute Gasteiger partial charge is 0.212 e. The Morgan fingerprint density at radius 3 is 3.00 bits per heavy atom. The second-order valence-electron chi connectivity index (χ2n) is 2.35. The second kappa shape index (κ2) is 3.33. The van der Waals surface area contributed by atoms with E-state index in [0.29, 0.717) is 6.42 Å². The number of rotatable bonds is 1. The van der Waals surface area contributed by atoms with Crippen molar-refractivity contribution in [2.24, 2.45) is 0 Å². The van der Waals surface area contributed by atoms with Gasteiger partial charge in [0.05, 0.1) is 4.83 Å². The number of allylic oxidation sites excluding steroid dienone is 4. The molecule has 0 fully saturated rings. The maximum absolute atomic E-state index is 12.5. The van der Waals surface area contributed by atoms with Crippen LogP contribution in [0.15, 0.2) is 23.6 Å². The lowest BCUT2D eigenvalue weighted by Crippen LogP contribution is -2.02. The summed E-state index contributed by atoms with van der Waals surface area (Å²) in [6.45, 7) is 2.08. The maximum atomic E-state index is 12.5. The first-order valence-corrected chi connectivity index (χ1v) is 4.34. The zero-order chi connectivity index (χ0) is 7.56. The van der Waals surface area contributed by atoms with Gasteiger partial charge in [-0.05, 0) is 12.5 Å². The Morgan fingerprint density at radius 1 is 1.80 bits per heavy atom. The van der Waals surface area contributed by atoms with Gasteiger partial charge in [-0.15, -0.1) is 0 Å². The lowest BCUT2D eigenvalue weighted by Gasteiger charge is -2.12. The van der Waals surface area contributed by atoms with Crippen LogP contribution in [-0.4, -0.2) is 4.83 Å². The molecule has 0 bridgehead atoms. The molecule has 1 rings (SSSR count). The normalized spacial score (nSPS) is 25.7. The molecule has 0 aromatic rings. The van der Waals surface area contributed by atoms with E-state index in [-0.39, 0.29) is 10.7 Å². The molecule has 1 aliphatic rings. The summed E-state index contributed by atoms with van der Waals surface area (Å²) < 4.78 is 12.5. The van der Waals surface area contributed by atoms with E-state index in [1.807, 2.05) is 6.08 Å². The third-order valence-electron chi connectivity index (χ3n) is 1.65. The molecule has 0 aliphatic heterocycles. The first kappa shape index (κ1) is 7.99. The molecule has 2 heteroatoms. The summed E-state index contributed by atoms with van der Waals surface area (Å²) in [5.41, 5.74) is 1.28. The van der Waals surface area contributed by atoms with Crippen LogP contribution in [-0.2, 0) is 0 Å². The van der Waals surface area contributed by atoms with Crippen molar-refractivity contribution in [3.63, 3.8) is 0 Å². The van der Waals surface area contributed by atoms with Crippen LogP contribution in [0.3, 0.4) is 0 Å². The zero-order valence-corrected chi connectivity index (χ0v) is 7.49. The van der Waals surface area contributed by atoms with Gasteiger partial charge in [0.1, 0.15) is 5.83 Å². The minimum atomic E-state index is -0.0286. The van der Waals surface area contributed by atoms with Gasteiger partial charge in [0, 0.05) is 6.42 Å². The summed E-state index contributed by atoms with van der Waals surface area (Å²) in [6, 6.07) is 0. The van der Waals surface area contributed by atoms with Crippen molar-refractivity contribution in [3.8, 4) is 0 Å². The third kappa shape index (κ3) is 1.69. The molecule has 1 aliphatic carbocycles. The fourth-order valence-corrected chi connectivity index (χ4v) is 1.81.